The Morgan fingerprint density at radius 1 is 0.667 bits per heavy atom. The van der Waals surface area contributed by atoms with E-state index >= 15 is 0 Å². The lowest BCUT2D eigenvalue weighted by Gasteiger charge is -2.12. The molecule has 10 heteroatoms. The van der Waals surface area contributed by atoms with Gasteiger partial charge in [-0.25, -0.2) is 4.98 Å². The van der Waals surface area contributed by atoms with Gasteiger partial charge in [0, 0.05) is 11.1 Å². The van der Waals surface area contributed by atoms with E-state index in [1.807, 2.05) is 0 Å². The Labute approximate surface area is 166 Å². The highest BCUT2D eigenvalue weighted by Crippen LogP contribution is 2.30. The van der Waals surface area contributed by atoms with Crippen LogP contribution in [0, 0.1) is 0 Å². The summed E-state index contributed by atoms with van der Waals surface area (Å²) in [6.45, 7) is -0.340. The number of aliphatic hydroxyl groups excluding tert-OH is 1. The Balaban J connectivity index is 1.90. The van der Waals surface area contributed by atoms with E-state index in [9.17, 15) is 31.4 Å². The van der Waals surface area contributed by atoms with Crippen LogP contribution in [0.1, 0.15) is 5.56 Å². The molecule has 2 aromatic carbocycles. The lowest BCUT2D eigenvalue weighted by atomic mass is 10.0. The summed E-state index contributed by atoms with van der Waals surface area (Å²) in [4.78, 5) is 4.39. The molecule has 158 valence electrons. The van der Waals surface area contributed by atoms with Crippen molar-refractivity contribution in [2.24, 2.45) is 0 Å². The first-order valence-corrected chi connectivity index (χ1v) is 8.36. The molecule has 0 aliphatic carbocycles. The lowest BCUT2D eigenvalue weighted by Crippen LogP contribution is -2.16. The van der Waals surface area contributed by atoms with Crippen LogP contribution in [0.15, 0.2) is 60.7 Å². The van der Waals surface area contributed by atoms with Gasteiger partial charge in [0.05, 0.1) is 18.0 Å². The first-order chi connectivity index (χ1) is 14.0. The summed E-state index contributed by atoms with van der Waals surface area (Å²) in [7, 11) is 0. The number of rotatable bonds is 5. The zero-order chi connectivity index (χ0) is 21.9. The van der Waals surface area contributed by atoms with Crippen molar-refractivity contribution in [3.05, 3.63) is 66.2 Å². The van der Waals surface area contributed by atoms with Gasteiger partial charge in [0.25, 0.3) is 0 Å². The van der Waals surface area contributed by atoms with Gasteiger partial charge in [0.15, 0.2) is 0 Å². The quantitative estimate of drug-likeness (QED) is 0.529. The smallest absolute Gasteiger partial charge is 0.406 e. The fraction of sp³-hybridized carbons (Fsp3) is 0.150. The van der Waals surface area contributed by atoms with Gasteiger partial charge in [-0.3, -0.25) is 0 Å². The highest BCUT2D eigenvalue weighted by atomic mass is 19.4. The maximum absolute atomic E-state index is 12.3. The molecule has 0 fully saturated rings. The molecule has 3 rings (SSSR count). The molecule has 0 saturated heterocycles. The van der Waals surface area contributed by atoms with Crippen molar-refractivity contribution in [1.29, 1.82) is 0 Å². The predicted octanol–water partition coefficient (Wildman–Crippen LogP) is 5.71. The van der Waals surface area contributed by atoms with E-state index in [2.05, 4.69) is 14.5 Å². The van der Waals surface area contributed by atoms with Gasteiger partial charge in [0.1, 0.15) is 11.5 Å². The summed E-state index contributed by atoms with van der Waals surface area (Å²) in [5.41, 5.74) is 2.08. The van der Waals surface area contributed by atoms with Crippen molar-refractivity contribution < 1.29 is 40.9 Å². The maximum Gasteiger partial charge on any atom is 0.573 e. The molecular formula is C20H13F6NO3. The molecule has 0 saturated carbocycles. The lowest BCUT2D eigenvalue weighted by molar-refractivity contribution is -0.275. The highest BCUT2D eigenvalue weighted by molar-refractivity contribution is 5.68. The molecule has 0 aliphatic heterocycles. The molecular weight excluding hydrogens is 416 g/mol. The van der Waals surface area contributed by atoms with Gasteiger partial charge in [-0.2, -0.15) is 0 Å². The van der Waals surface area contributed by atoms with Gasteiger partial charge in [-0.15, -0.1) is 26.3 Å². The summed E-state index contributed by atoms with van der Waals surface area (Å²) in [5, 5.41) is 9.51. The van der Waals surface area contributed by atoms with Crippen LogP contribution in [-0.2, 0) is 6.61 Å². The van der Waals surface area contributed by atoms with Crippen LogP contribution >= 0.6 is 0 Å². The second-order valence-electron chi connectivity index (χ2n) is 6.05. The molecule has 0 bridgehead atoms. The third-order valence-corrected chi connectivity index (χ3v) is 3.84. The molecule has 0 unspecified atom stereocenters. The van der Waals surface area contributed by atoms with Crippen molar-refractivity contribution in [2.45, 2.75) is 19.3 Å². The van der Waals surface area contributed by atoms with E-state index in [-0.39, 0.29) is 6.61 Å². The average Bonchev–Trinajstić information content (AvgIpc) is 2.66. The number of aromatic nitrogens is 1. The first-order valence-electron chi connectivity index (χ1n) is 8.36. The highest BCUT2D eigenvalue weighted by Gasteiger charge is 2.31. The molecule has 1 aromatic heterocycles. The molecule has 0 aliphatic rings. The summed E-state index contributed by atoms with van der Waals surface area (Å²) in [5.74, 6) is -0.796. The van der Waals surface area contributed by atoms with E-state index in [0.717, 1.165) is 24.3 Å². The van der Waals surface area contributed by atoms with Crippen LogP contribution in [0.2, 0.25) is 0 Å². The minimum atomic E-state index is -4.81. The van der Waals surface area contributed by atoms with Crippen LogP contribution in [0.4, 0.5) is 26.3 Å². The number of aliphatic hydroxyl groups is 1. The van der Waals surface area contributed by atoms with Crippen LogP contribution in [0.25, 0.3) is 22.5 Å². The van der Waals surface area contributed by atoms with Crippen LogP contribution in [0.3, 0.4) is 0 Å². The summed E-state index contributed by atoms with van der Waals surface area (Å²) in [6.07, 6.45) is -9.63. The summed E-state index contributed by atoms with van der Waals surface area (Å²) < 4.78 is 81.4. The average molecular weight is 429 g/mol. The van der Waals surface area contributed by atoms with Gasteiger partial charge in [-0.05, 0) is 66.2 Å². The zero-order valence-corrected chi connectivity index (χ0v) is 15.0. The first kappa shape index (κ1) is 21.4. The molecule has 4 nitrogen and oxygen atoms in total. The number of nitrogens with zero attached hydrogens (tertiary/aromatic N) is 1. The fourth-order valence-corrected chi connectivity index (χ4v) is 2.63. The molecule has 0 amide bonds. The Bertz CT molecular complexity index is 921. The number of hydrogen-bond acceptors (Lipinski definition) is 4. The SMILES string of the molecule is OCc1cc(-c2ccc(OC(F)(F)F)cc2)nc(-c2ccc(OC(F)(F)F)cc2)c1. The van der Waals surface area contributed by atoms with Crippen molar-refractivity contribution in [1.82, 2.24) is 4.98 Å². The molecule has 3 aromatic rings. The number of pyridine rings is 1. The topological polar surface area (TPSA) is 51.6 Å². The zero-order valence-electron chi connectivity index (χ0n) is 15.0. The van der Waals surface area contributed by atoms with Gasteiger partial charge in [0.2, 0.25) is 0 Å². The molecule has 30 heavy (non-hydrogen) atoms. The number of alkyl halides is 6. The van der Waals surface area contributed by atoms with E-state index in [1.165, 1.54) is 24.3 Å². The number of hydrogen-bond donors (Lipinski definition) is 1. The third-order valence-electron chi connectivity index (χ3n) is 3.84. The van der Waals surface area contributed by atoms with Gasteiger partial charge in [-0.1, -0.05) is 0 Å². The largest absolute Gasteiger partial charge is 0.573 e. The standard InChI is InChI=1S/C20H13F6NO3/c21-19(22,23)29-15-5-1-13(2-6-15)17-9-12(11-28)10-18(27-17)14-3-7-16(8-4-14)30-20(24,25)26/h1-10,28H,11H2. The van der Waals surface area contributed by atoms with E-state index in [4.69, 9.17) is 0 Å². The second-order valence-corrected chi connectivity index (χ2v) is 6.05. The van der Waals surface area contributed by atoms with E-state index < -0.39 is 24.2 Å². The van der Waals surface area contributed by atoms with Crippen LogP contribution in [0.5, 0.6) is 11.5 Å². The van der Waals surface area contributed by atoms with Crippen molar-refractivity contribution in [3.8, 4) is 34.0 Å². The summed E-state index contributed by atoms with van der Waals surface area (Å²) in [6, 6.07) is 13.1. The maximum atomic E-state index is 12.3. The fourth-order valence-electron chi connectivity index (χ4n) is 2.63. The van der Waals surface area contributed by atoms with Gasteiger partial charge < -0.3 is 14.6 Å². The summed E-state index contributed by atoms with van der Waals surface area (Å²) >= 11 is 0. The molecule has 0 atom stereocenters. The monoisotopic (exact) mass is 429 g/mol. The van der Waals surface area contributed by atoms with Gasteiger partial charge >= 0.3 is 12.7 Å². The Kier molecular flexibility index (Phi) is 5.88. The van der Waals surface area contributed by atoms with E-state index in [0.29, 0.717) is 28.1 Å². The molecule has 0 spiro atoms. The Morgan fingerprint density at radius 3 is 1.33 bits per heavy atom. The Hall–Kier alpha value is -3.27. The minimum absolute atomic E-state index is 0.340. The predicted molar refractivity (Wildman–Crippen MR) is 94.4 cm³/mol. The number of halogens is 6. The van der Waals surface area contributed by atoms with E-state index in [1.54, 1.807) is 12.1 Å². The third kappa shape index (κ3) is 5.86. The normalized spacial score (nSPS) is 12.0. The van der Waals surface area contributed by atoms with Crippen LogP contribution in [-0.4, -0.2) is 22.8 Å². The minimum Gasteiger partial charge on any atom is -0.406 e. The van der Waals surface area contributed by atoms with Crippen LogP contribution < -0.4 is 9.47 Å². The number of ether oxygens (including phenoxy) is 2. The molecule has 1 heterocycles. The van der Waals surface area contributed by atoms with Crippen molar-refractivity contribution in [3.63, 3.8) is 0 Å². The molecule has 1 N–H and O–H groups in total. The Morgan fingerprint density at radius 2 is 1.03 bits per heavy atom. The van der Waals surface area contributed by atoms with Crippen molar-refractivity contribution in [2.75, 3.05) is 0 Å². The van der Waals surface area contributed by atoms with Crippen molar-refractivity contribution >= 4 is 0 Å². The second kappa shape index (κ2) is 8.23. The number of benzene rings is 2. The molecule has 0 radical (unpaired) electrons.